The maximum absolute atomic E-state index is 5.99. The highest BCUT2D eigenvalue weighted by Gasteiger charge is 2.15. The average Bonchev–Trinajstić information content (AvgIpc) is 3.73. The second-order valence-corrected chi connectivity index (χ2v) is 13.7. The molecule has 6 nitrogen and oxygen atoms in total. The fourth-order valence-electron chi connectivity index (χ4n) is 6.67. The second kappa shape index (κ2) is 15.0. The highest BCUT2D eigenvalue weighted by atomic mass is 16.4. The van der Waals surface area contributed by atoms with Gasteiger partial charge >= 0.3 is 0 Å². The minimum Gasteiger partial charge on any atom is -0.416 e. The van der Waals surface area contributed by atoms with Gasteiger partial charge < -0.3 is 19.1 Å². The first-order chi connectivity index (χ1) is 26.4. The average molecular weight is 704 g/mol. The number of benzene rings is 7. The quantitative estimate of drug-likeness (QED) is 0.141. The fourth-order valence-corrected chi connectivity index (χ4v) is 6.67. The highest BCUT2D eigenvalue weighted by molar-refractivity contribution is 5.83. The molecule has 1 aromatic heterocycles. The molecule has 0 saturated heterocycles. The molecule has 0 radical (unpaired) electrons. The van der Waals surface area contributed by atoms with Crippen molar-refractivity contribution < 1.29 is 4.42 Å². The topological polar surface area (TPSA) is 48.6 Å². The maximum atomic E-state index is 5.99. The molecule has 0 N–H and O–H groups in total. The van der Waals surface area contributed by atoms with Crippen molar-refractivity contribution in [2.45, 2.75) is 0 Å². The zero-order chi connectivity index (χ0) is 37.0. The monoisotopic (exact) mass is 703 g/mol. The van der Waals surface area contributed by atoms with Gasteiger partial charge in [0.2, 0.25) is 11.8 Å². The molecule has 0 atom stereocenters. The highest BCUT2D eigenvalue weighted by Crippen LogP contribution is 2.39. The van der Waals surface area contributed by atoms with Crippen molar-refractivity contribution in [1.82, 2.24) is 10.2 Å². The largest absolute Gasteiger partial charge is 0.416 e. The lowest BCUT2D eigenvalue weighted by Gasteiger charge is -2.27. The normalized spacial score (nSPS) is 11.0. The third-order valence-electron chi connectivity index (χ3n) is 9.66. The summed E-state index contributed by atoms with van der Waals surface area (Å²) in [7, 11) is 8.27. The van der Waals surface area contributed by atoms with Gasteiger partial charge in [0.15, 0.2) is 0 Å². The minimum absolute atomic E-state index is 0.502. The summed E-state index contributed by atoms with van der Waals surface area (Å²) in [6.45, 7) is 0. The van der Waals surface area contributed by atoms with Crippen molar-refractivity contribution >= 4 is 28.4 Å². The van der Waals surface area contributed by atoms with Crippen molar-refractivity contribution in [2.75, 3.05) is 42.9 Å². The lowest BCUT2D eigenvalue weighted by molar-refractivity contribution is 0.584. The number of nitrogens with zero attached hydrogens (tertiary/aromatic N) is 5. The van der Waals surface area contributed by atoms with Gasteiger partial charge in [-0.3, -0.25) is 0 Å². The van der Waals surface area contributed by atoms with Gasteiger partial charge in [0.1, 0.15) is 0 Å². The Morgan fingerprint density at radius 1 is 0.315 bits per heavy atom. The molecule has 0 bridgehead atoms. The van der Waals surface area contributed by atoms with Crippen molar-refractivity contribution in [1.29, 1.82) is 0 Å². The smallest absolute Gasteiger partial charge is 0.248 e. The number of anilines is 5. The van der Waals surface area contributed by atoms with Crippen molar-refractivity contribution in [3.8, 4) is 56.3 Å². The molecule has 6 heteroatoms. The van der Waals surface area contributed by atoms with E-state index in [0.717, 1.165) is 72.9 Å². The van der Waals surface area contributed by atoms with Crippen molar-refractivity contribution in [3.05, 3.63) is 176 Å². The van der Waals surface area contributed by atoms with Crippen LogP contribution in [0.1, 0.15) is 0 Å². The Bertz CT molecular complexity index is 2430. The van der Waals surface area contributed by atoms with Crippen molar-refractivity contribution in [3.63, 3.8) is 0 Å². The first-order valence-corrected chi connectivity index (χ1v) is 18.1. The van der Waals surface area contributed by atoms with E-state index in [2.05, 4.69) is 187 Å². The van der Waals surface area contributed by atoms with Gasteiger partial charge in [-0.1, -0.05) is 78.9 Å². The van der Waals surface area contributed by atoms with Gasteiger partial charge in [-0.05, 0) is 130 Å². The van der Waals surface area contributed by atoms with E-state index in [-0.39, 0.29) is 0 Å². The third kappa shape index (κ3) is 7.23. The van der Waals surface area contributed by atoms with Gasteiger partial charge in [-0.2, -0.15) is 0 Å². The minimum atomic E-state index is 0.502. The summed E-state index contributed by atoms with van der Waals surface area (Å²) in [5.41, 5.74) is 14.3. The Balaban J connectivity index is 1.07. The zero-order valence-corrected chi connectivity index (χ0v) is 30.9. The molecule has 8 rings (SSSR count). The molecule has 0 fully saturated rings. The summed E-state index contributed by atoms with van der Waals surface area (Å²) in [5.74, 6) is 1.01. The lowest BCUT2D eigenvalue weighted by atomic mass is 9.95. The molecule has 7 aromatic carbocycles. The van der Waals surface area contributed by atoms with Crippen LogP contribution in [0.25, 0.3) is 56.3 Å². The molecule has 0 amide bonds. The second-order valence-electron chi connectivity index (χ2n) is 13.7. The van der Waals surface area contributed by atoms with E-state index in [1.807, 2.05) is 42.5 Å². The Hall–Kier alpha value is -6.92. The molecule has 0 spiro atoms. The molecule has 1 heterocycles. The van der Waals surface area contributed by atoms with E-state index < -0.39 is 0 Å². The van der Waals surface area contributed by atoms with Gasteiger partial charge in [0.25, 0.3) is 0 Å². The lowest BCUT2D eigenvalue weighted by Crippen LogP contribution is -2.12. The molecular weight excluding hydrogens is 663 g/mol. The summed E-state index contributed by atoms with van der Waals surface area (Å²) >= 11 is 0. The van der Waals surface area contributed by atoms with Crippen molar-refractivity contribution in [2.24, 2.45) is 0 Å². The van der Waals surface area contributed by atoms with Gasteiger partial charge in [0.05, 0.1) is 0 Å². The van der Waals surface area contributed by atoms with Crippen LogP contribution in [0.5, 0.6) is 0 Å². The van der Waals surface area contributed by atoms with E-state index in [4.69, 9.17) is 4.42 Å². The summed E-state index contributed by atoms with van der Waals surface area (Å²) in [5, 5.41) is 8.55. The van der Waals surface area contributed by atoms with E-state index in [1.54, 1.807) is 0 Å². The number of aromatic nitrogens is 2. The molecule has 0 aliphatic carbocycles. The fraction of sp³-hybridized carbons (Fsp3) is 0.0833. The maximum Gasteiger partial charge on any atom is 0.248 e. The van der Waals surface area contributed by atoms with Crippen LogP contribution in [-0.2, 0) is 0 Å². The Kier molecular flexibility index (Phi) is 9.48. The van der Waals surface area contributed by atoms with E-state index in [0.29, 0.717) is 11.8 Å². The Labute approximate surface area is 317 Å². The van der Waals surface area contributed by atoms with Crippen LogP contribution in [0.15, 0.2) is 180 Å². The van der Waals surface area contributed by atoms with E-state index >= 15 is 0 Å². The first-order valence-electron chi connectivity index (χ1n) is 18.1. The molecule has 0 aliphatic rings. The molecule has 0 unspecified atom stereocenters. The Morgan fingerprint density at radius 2 is 0.685 bits per heavy atom. The Morgan fingerprint density at radius 3 is 1.17 bits per heavy atom. The SMILES string of the molecule is CN(C)c1ccc(N(c2ccc(N(C)C)cc2)c2cccc(-c3cccc(-c4cccc(-c5ccc(-c6nnc(-c7ccccc7)o6)cc5)c4)c3)c2)cc1. The predicted octanol–water partition coefficient (Wildman–Crippen LogP) is 12.0. The zero-order valence-electron chi connectivity index (χ0n) is 30.9. The van der Waals surface area contributed by atoms with Gasteiger partial charge in [-0.15, -0.1) is 10.2 Å². The molecule has 54 heavy (non-hydrogen) atoms. The number of rotatable bonds is 10. The van der Waals surface area contributed by atoms with Gasteiger partial charge in [-0.25, -0.2) is 0 Å². The molecule has 0 saturated carbocycles. The van der Waals surface area contributed by atoms with Crippen LogP contribution in [-0.4, -0.2) is 38.4 Å². The van der Waals surface area contributed by atoms with Crippen LogP contribution < -0.4 is 14.7 Å². The number of hydrogen-bond acceptors (Lipinski definition) is 6. The van der Waals surface area contributed by atoms with Crippen LogP contribution in [0, 0.1) is 0 Å². The first kappa shape index (κ1) is 34.2. The third-order valence-corrected chi connectivity index (χ3v) is 9.66. The van der Waals surface area contributed by atoms with E-state index in [9.17, 15) is 0 Å². The molecule has 0 aliphatic heterocycles. The van der Waals surface area contributed by atoms with Gasteiger partial charge in [0, 0.05) is 67.8 Å². The predicted molar refractivity (Wildman–Crippen MR) is 225 cm³/mol. The number of hydrogen-bond donors (Lipinski definition) is 0. The van der Waals surface area contributed by atoms with E-state index in [1.165, 1.54) is 0 Å². The van der Waals surface area contributed by atoms with Crippen LogP contribution in [0.4, 0.5) is 28.4 Å². The standard InChI is InChI=1S/C48H41N5O/c1-51(2)42-23-27-44(28-24-42)53(45-29-25-43(26-30-45)52(3)4)46-18-10-17-41(33-46)40-16-9-15-39(32-40)38-14-8-13-37(31-38)34-19-21-36(22-20-34)48-50-49-47(54-48)35-11-6-5-7-12-35/h5-33H,1-4H3. The van der Waals surface area contributed by atoms with Crippen LogP contribution in [0.3, 0.4) is 0 Å². The van der Waals surface area contributed by atoms with Crippen LogP contribution >= 0.6 is 0 Å². The summed E-state index contributed by atoms with van der Waals surface area (Å²) < 4.78 is 5.99. The molecular formula is C48H41N5O. The summed E-state index contributed by atoms with van der Waals surface area (Å²) in [6, 6.07) is 61.8. The summed E-state index contributed by atoms with van der Waals surface area (Å²) in [6.07, 6.45) is 0. The van der Waals surface area contributed by atoms with Crippen LogP contribution in [0.2, 0.25) is 0 Å². The molecule has 264 valence electrons. The summed E-state index contributed by atoms with van der Waals surface area (Å²) in [4.78, 5) is 6.57. The molecule has 8 aromatic rings.